The van der Waals surface area contributed by atoms with E-state index in [2.05, 4.69) is 33.9 Å². The van der Waals surface area contributed by atoms with Crippen LogP contribution in [-0.4, -0.2) is 14.9 Å². The molecule has 0 aliphatic heterocycles. The predicted octanol–water partition coefficient (Wildman–Crippen LogP) is 6.52. The van der Waals surface area contributed by atoms with Gasteiger partial charge < -0.3 is 4.43 Å². The van der Waals surface area contributed by atoms with E-state index in [9.17, 15) is 13.2 Å². The van der Waals surface area contributed by atoms with Crippen molar-refractivity contribution in [2.24, 2.45) is 0 Å². The minimum absolute atomic E-state index is 0.211. The molecule has 5 heteroatoms. The van der Waals surface area contributed by atoms with E-state index in [1.54, 1.807) is 0 Å². The number of hydrogen-bond acceptors (Lipinski definition) is 1. The molecule has 23 heavy (non-hydrogen) atoms. The van der Waals surface area contributed by atoms with Crippen LogP contribution in [0.3, 0.4) is 0 Å². The Morgan fingerprint density at radius 1 is 1.04 bits per heavy atom. The molecule has 0 saturated heterocycles. The molecule has 0 atom stereocenters. The minimum atomic E-state index is -4.27. The number of halogens is 3. The fourth-order valence-electron chi connectivity index (χ4n) is 1.75. The lowest BCUT2D eigenvalue weighted by molar-refractivity contribution is -0.137. The molecule has 1 nitrogen and oxygen atoms in total. The maximum Gasteiger partial charge on any atom is 0.416 e. The zero-order chi connectivity index (χ0) is 17.7. The third kappa shape index (κ3) is 6.51. The van der Waals surface area contributed by atoms with Crippen molar-refractivity contribution in [2.45, 2.75) is 57.9 Å². The first-order valence-electron chi connectivity index (χ1n) is 7.91. The SMILES string of the molecule is CC(C)(C)[Si](C)(C)OCCC/C=C\c1ccc(C(F)(F)F)cc1. The topological polar surface area (TPSA) is 9.23 Å². The molecule has 0 amide bonds. The summed E-state index contributed by atoms with van der Waals surface area (Å²) in [5, 5.41) is 0.211. The molecule has 0 radical (unpaired) electrons. The Balaban J connectivity index is 2.38. The molecule has 0 aromatic heterocycles. The molecule has 0 saturated carbocycles. The van der Waals surface area contributed by atoms with Gasteiger partial charge in [0, 0.05) is 6.61 Å². The van der Waals surface area contributed by atoms with Crippen molar-refractivity contribution in [1.82, 2.24) is 0 Å². The maximum absolute atomic E-state index is 12.5. The van der Waals surface area contributed by atoms with Crippen LogP contribution in [0.4, 0.5) is 13.2 Å². The van der Waals surface area contributed by atoms with E-state index in [1.165, 1.54) is 12.1 Å². The van der Waals surface area contributed by atoms with Gasteiger partial charge in [0.05, 0.1) is 5.56 Å². The van der Waals surface area contributed by atoms with Crippen LogP contribution in [0.1, 0.15) is 44.7 Å². The van der Waals surface area contributed by atoms with Gasteiger partial charge in [-0.05, 0) is 48.7 Å². The molecule has 0 heterocycles. The highest BCUT2D eigenvalue weighted by Gasteiger charge is 2.36. The van der Waals surface area contributed by atoms with Gasteiger partial charge in [-0.2, -0.15) is 13.2 Å². The van der Waals surface area contributed by atoms with Crippen LogP contribution in [0, 0.1) is 0 Å². The van der Waals surface area contributed by atoms with Crippen LogP contribution in [0.25, 0.3) is 6.08 Å². The summed E-state index contributed by atoms with van der Waals surface area (Å²) >= 11 is 0. The minimum Gasteiger partial charge on any atom is -0.417 e. The summed E-state index contributed by atoms with van der Waals surface area (Å²) in [7, 11) is -1.68. The molecule has 0 aliphatic carbocycles. The Morgan fingerprint density at radius 3 is 2.09 bits per heavy atom. The Labute approximate surface area is 138 Å². The summed E-state index contributed by atoms with van der Waals surface area (Å²) in [6, 6.07) is 5.21. The lowest BCUT2D eigenvalue weighted by Crippen LogP contribution is -2.40. The quantitative estimate of drug-likeness (QED) is 0.421. The zero-order valence-electron chi connectivity index (χ0n) is 14.6. The van der Waals surface area contributed by atoms with E-state index in [0.717, 1.165) is 37.1 Å². The van der Waals surface area contributed by atoms with Crippen LogP contribution in [0.15, 0.2) is 30.3 Å². The zero-order valence-corrected chi connectivity index (χ0v) is 15.6. The highest BCUT2D eigenvalue weighted by atomic mass is 28.4. The van der Waals surface area contributed by atoms with E-state index in [0.29, 0.717) is 0 Å². The monoisotopic (exact) mass is 344 g/mol. The molecule has 0 spiro atoms. The van der Waals surface area contributed by atoms with Gasteiger partial charge in [-0.15, -0.1) is 0 Å². The van der Waals surface area contributed by atoms with Gasteiger partial charge in [0.2, 0.25) is 0 Å². The summed E-state index contributed by atoms with van der Waals surface area (Å²) in [6.45, 7) is 11.8. The average molecular weight is 344 g/mol. The van der Waals surface area contributed by atoms with Gasteiger partial charge in [-0.3, -0.25) is 0 Å². The maximum atomic E-state index is 12.5. The summed E-state index contributed by atoms with van der Waals surface area (Å²) in [5.41, 5.74) is 0.167. The fourth-order valence-corrected chi connectivity index (χ4v) is 2.84. The lowest BCUT2D eigenvalue weighted by Gasteiger charge is -2.36. The third-order valence-corrected chi connectivity index (χ3v) is 8.87. The van der Waals surface area contributed by atoms with Crippen LogP contribution < -0.4 is 0 Å². The van der Waals surface area contributed by atoms with E-state index in [1.807, 2.05) is 12.2 Å². The molecule has 1 rings (SSSR count). The second-order valence-electron chi connectivity index (χ2n) is 7.27. The summed E-state index contributed by atoms with van der Waals surface area (Å²) in [6.07, 6.45) is 1.34. The van der Waals surface area contributed by atoms with Crippen molar-refractivity contribution >= 4 is 14.4 Å². The number of unbranched alkanes of at least 4 members (excludes halogenated alkanes) is 1. The summed E-state index contributed by atoms with van der Waals surface area (Å²) < 4.78 is 43.5. The van der Waals surface area contributed by atoms with Crippen LogP contribution in [0.5, 0.6) is 0 Å². The van der Waals surface area contributed by atoms with Gasteiger partial charge in [0.15, 0.2) is 8.32 Å². The number of allylic oxidation sites excluding steroid dienone is 1. The van der Waals surface area contributed by atoms with Crippen molar-refractivity contribution in [2.75, 3.05) is 6.61 Å². The molecular formula is C18H27F3OSi. The van der Waals surface area contributed by atoms with Crippen molar-refractivity contribution in [3.05, 3.63) is 41.5 Å². The number of benzene rings is 1. The number of hydrogen-bond donors (Lipinski definition) is 0. The molecule has 0 N–H and O–H groups in total. The van der Waals surface area contributed by atoms with Gasteiger partial charge in [0.25, 0.3) is 0 Å². The van der Waals surface area contributed by atoms with Crippen molar-refractivity contribution < 1.29 is 17.6 Å². The first-order valence-corrected chi connectivity index (χ1v) is 10.8. The van der Waals surface area contributed by atoms with E-state index >= 15 is 0 Å². The molecule has 0 unspecified atom stereocenters. The predicted molar refractivity (Wildman–Crippen MR) is 92.9 cm³/mol. The highest BCUT2D eigenvalue weighted by Crippen LogP contribution is 2.36. The molecular weight excluding hydrogens is 317 g/mol. The van der Waals surface area contributed by atoms with Gasteiger partial charge in [0.1, 0.15) is 0 Å². The van der Waals surface area contributed by atoms with Gasteiger partial charge in [-0.25, -0.2) is 0 Å². The third-order valence-electron chi connectivity index (χ3n) is 4.33. The van der Waals surface area contributed by atoms with E-state index in [-0.39, 0.29) is 5.04 Å². The molecule has 130 valence electrons. The lowest BCUT2D eigenvalue weighted by atomic mass is 10.1. The Morgan fingerprint density at radius 2 is 1.61 bits per heavy atom. The number of alkyl halides is 3. The Bertz CT molecular complexity index is 511. The Kier molecular flexibility index (Phi) is 6.66. The van der Waals surface area contributed by atoms with Crippen molar-refractivity contribution in [3.8, 4) is 0 Å². The smallest absolute Gasteiger partial charge is 0.416 e. The first kappa shape index (κ1) is 20.0. The molecule has 1 aromatic carbocycles. The summed E-state index contributed by atoms with van der Waals surface area (Å²) in [4.78, 5) is 0. The van der Waals surface area contributed by atoms with Crippen molar-refractivity contribution in [1.29, 1.82) is 0 Å². The second kappa shape index (κ2) is 7.66. The standard InChI is InChI=1S/C18H27F3OSi/c1-17(2,3)23(4,5)22-14-8-6-7-9-15-10-12-16(13-11-15)18(19,20)21/h7,9-13H,6,8,14H2,1-5H3/b9-7-. The van der Waals surface area contributed by atoms with Crippen molar-refractivity contribution in [3.63, 3.8) is 0 Å². The molecule has 0 aliphatic rings. The second-order valence-corrected chi connectivity index (χ2v) is 12.1. The first-order chi connectivity index (χ1) is 10.4. The average Bonchev–Trinajstić information content (AvgIpc) is 2.41. The van der Waals surface area contributed by atoms with Gasteiger partial charge in [-0.1, -0.05) is 45.1 Å². The van der Waals surface area contributed by atoms with Crippen LogP contribution in [0.2, 0.25) is 18.1 Å². The molecule has 1 aromatic rings. The normalized spacial score (nSPS) is 13.7. The van der Waals surface area contributed by atoms with Crippen LogP contribution >= 0.6 is 0 Å². The van der Waals surface area contributed by atoms with E-state index < -0.39 is 20.1 Å². The van der Waals surface area contributed by atoms with E-state index in [4.69, 9.17) is 4.43 Å². The highest BCUT2D eigenvalue weighted by molar-refractivity contribution is 6.74. The largest absolute Gasteiger partial charge is 0.417 e. The molecule has 0 bridgehead atoms. The number of rotatable bonds is 6. The van der Waals surface area contributed by atoms with Crippen LogP contribution in [-0.2, 0) is 10.6 Å². The summed E-state index contributed by atoms with van der Waals surface area (Å²) in [5.74, 6) is 0. The van der Waals surface area contributed by atoms with Gasteiger partial charge >= 0.3 is 6.18 Å². The molecule has 0 fully saturated rings. The fraction of sp³-hybridized carbons (Fsp3) is 0.556. The Hall–Kier alpha value is -1.07.